The molecule has 0 aromatic heterocycles. The Labute approximate surface area is 260 Å². The average Bonchev–Trinajstić information content (AvgIpc) is 3.05. The fraction of sp³-hybridized carbons (Fsp3) is 0.364. The molecule has 1 fully saturated rings. The van der Waals surface area contributed by atoms with Gasteiger partial charge in [-0.05, 0) is 79.6 Å². The topological polar surface area (TPSA) is 122 Å². The lowest BCUT2D eigenvalue weighted by Crippen LogP contribution is -2.36. The highest BCUT2D eigenvalue weighted by molar-refractivity contribution is 6.02. The molecule has 1 aliphatic heterocycles. The number of alkyl halides is 3. The van der Waals surface area contributed by atoms with Crippen molar-refractivity contribution in [2.75, 3.05) is 34.8 Å². The van der Waals surface area contributed by atoms with Gasteiger partial charge in [0, 0.05) is 43.1 Å². The van der Waals surface area contributed by atoms with Crippen LogP contribution in [0.5, 0.6) is 0 Å². The summed E-state index contributed by atoms with van der Waals surface area (Å²) in [6.45, 7) is 2.73. The maximum atomic E-state index is 13.4. The van der Waals surface area contributed by atoms with Crippen LogP contribution in [-0.4, -0.2) is 54.0 Å². The van der Waals surface area contributed by atoms with E-state index in [2.05, 4.69) is 34.5 Å². The molecule has 4 rings (SSSR count). The molecule has 1 heterocycles. The second-order valence-electron chi connectivity index (χ2n) is 10.6. The number of carbonyl (C=O) groups excluding carboxylic acids is 2. The minimum absolute atomic E-state index is 0.164. The van der Waals surface area contributed by atoms with Gasteiger partial charge >= 0.3 is 18.2 Å². The number of carbonyl (C=O) groups is 3. The van der Waals surface area contributed by atoms with Gasteiger partial charge in [0.25, 0.3) is 0 Å². The highest BCUT2D eigenvalue weighted by Crippen LogP contribution is 2.26. The molecule has 0 unspecified atom stereocenters. The van der Waals surface area contributed by atoms with E-state index in [1.807, 2.05) is 54.6 Å². The molecule has 1 aliphatic rings. The lowest BCUT2D eigenvalue weighted by Gasteiger charge is -2.29. The van der Waals surface area contributed by atoms with Gasteiger partial charge in [0.15, 0.2) is 0 Å². The fourth-order valence-corrected chi connectivity index (χ4v) is 4.88. The third-order valence-corrected chi connectivity index (χ3v) is 7.27. The first kappa shape index (κ1) is 34.9. The Balaban J connectivity index is 0.000000707. The summed E-state index contributed by atoms with van der Waals surface area (Å²) in [6, 6.07) is 26.2. The number of hydrogen-bond donors (Lipinski definition) is 4. The molecule has 45 heavy (non-hydrogen) atoms. The van der Waals surface area contributed by atoms with Crippen molar-refractivity contribution < 1.29 is 37.9 Å². The predicted molar refractivity (Wildman–Crippen MR) is 167 cm³/mol. The Hall–Kier alpha value is -4.58. The van der Waals surface area contributed by atoms with Crippen LogP contribution in [0.25, 0.3) is 11.1 Å². The Morgan fingerprint density at radius 3 is 1.93 bits per heavy atom. The third-order valence-electron chi connectivity index (χ3n) is 7.27. The summed E-state index contributed by atoms with van der Waals surface area (Å²) in [5, 5.41) is 18.8. The number of piperidine rings is 1. The molecule has 3 amide bonds. The number of hydrogen-bond acceptors (Lipinski definition) is 5. The van der Waals surface area contributed by atoms with Gasteiger partial charge in [0.2, 0.25) is 5.91 Å². The molecule has 0 spiro atoms. The number of carboxylic acid groups (broad SMARTS) is 1. The van der Waals surface area contributed by atoms with Crippen LogP contribution in [0.15, 0.2) is 78.9 Å². The van der Waals surface area contributed by atoms with Crippen molar-refractivity contribution in [2.45, 2.75) is 57.5 Å². The number of amides is 3. The lowest BCUT2D eigenvalue weighted by molar-refractivity contribution is -0.192. The van der Waals surface area contributed by atoms with Crippen molar-refractivity contribution >= 4 is 35.0 Å². The summed E-state index contributed by atoms with van der Waals surface area (Å²) < 4.78 is 31.7. The van der Waals surface area contributed by atoms with Crippen LogP contribution in [0, 0.1) is 0 Å². The van der Waals surface area contributed by atoms with Gasteiger partial charge in [-0.2, -0.15) is 13.2 Å². The van der Waals surface area contributed by atoms with Gasteiger partial charge in [-0.15, -0.1) is 0 Å². The quantitative estimate of drug-likeness (QED) is 0.0993. The number of rotatable bonds is 11. The minimum Gasteiger partial charge on any atom is -0.475 e. The predicted octanol–water partition coefficient (Wildman–Crippen LogP) is 7.47. The van der Waals surface area contributed by atoms with E-state index in [9.17, 15) is 22.8 Å². The van der Waals surface area contributed by atoms with Crippen molar-refractivity contribution in [3.8, 4) is 11.1 Å². The highest BCUT2D eigenvalue weighted by atomic mass is 19.4. The van der Waals surface area contributed by atoms with Crippen LogP contribution < -0.4 is 20.6 Å². The van der Waals surface area contributed by atoms with Gasteiger partial charge < -0.3 is 15.3 Å². The fourth-order valence-electron chi connectivity index (χ4n) is 4.88. The number of aliphatic carboxylic acids is 1. The second kappa shape index (κ2) is 17.6. The summed E-state index contributed by atoms with van der Waals surface area (Å²) in [6.07, 6.45) is 2.22. The summed E-state index contributed by atoms with van der Waals surface area (Å²) in [5.74, 6) is -3.12. The Morgan fingerprint density at radius 2 is 1.36 bits per heavy atom. The Morgan fingerprint density at radius 1 is 0.778 bits per heavy atom. The van der Waals surface area contributed by atoms with Crippen LogP contribution in [0.3, 0.4) is 0 Å². The lowest BCUT2D eigenvalue weighted by atomic mass is 10.1. The zero-order valence-corrected chi connectivity index (χ0v) is 24.9. The van der Waals surface area contributed by atoms with Gasteiger partial charge in [-0.25, -0.2) is 15.1 Å². The van der Waals surface area contributed by atoms with Crippen molar-refractivity contribution in [3.63, 3.8) is 0 Å². The van der Waals surface area contributed by atoms with Crippen LogP contribution in [-0.2, 0) is 9.59 Å². The van der Waals surface area contributed by atoms with Crippen molar-refractivity contribution in [1.82, 2.24) is 5.48 Å². The smallest absolute Gasteiger partial charge is 0.475 e. The molecule has 4 N–H and O–H groups in total. The number of unbranched alkanes of at least 4 members (excludes halogenated alkanes) is 3. The van der Waals surface area contributed by atoms with Crippen LogP contribution >= 0.6 is 0 Å². The summed E-state index contributed by atoms with van der Waals surface area (Å²) in [5.41, 5.74) is 6.72. The zero-order valence-electron chi connectivity index (χ0n) is 24.9. The number of hydroxylamine groups is 1. The Kier molecular flexibility index (Phi) is 13.7. The first-order valence-corrected chi connectivity index (χ1v) is 14.9. The zero-order chi connectivity index (χ0) is 32.7. The molecule has 12 heteroatoms. The van der Waals surface area contributed by atoms with Gasteiger partial charge in [0.1, 0.15) is 0 Å². The number of benzene rings is 3. The first-order valence-electron chi connectivity index (χ1n) is 14.9. The standard InChI is InChI=1S/C31H38N4O3.C2HF3O2/c36-30(33-38)13-7-1-2-10-24-35(29-20-18-28(19-21-29)34-22-8-4-9-23-34)31(37)32-27-16-14-26(15-17-27)25-11-5-3-6-12-25;3-2(4,5)1(6)7/h3,5-6,11-12,14-21,38H,1-2,4,7-10,13,22-24H2,(H,32,37)(H,33,36);(H,6,7). The summed E-state index contributed by atoms with van der Waals surface area (Å²) >= 11 is 0. The van der Waals surface area contributed by atoms with E-state index < -0.39 is 12.1 Å². The molecule has 0 atom stereocenters. The van der Waals surface area contributed by atoms with E-state index in [0.29, 0.717) is 19.4 Å². The molecule has 0 aliphatic carbocycles. The van der Waals surface area contributed by atoms with Crippen molar-refractivity contribution in [2.24, 2.45) is 0 Å². The van der Waals surface area contributed by atoms with E-state index in [-0.39, 0.29) is 11.9 Å². The third kappa shape index (κ3) is 11.8. The molecule has 3 aromatic carbocycles. The van der Waals surface area contributed by atoms with Crippen LogP contribution in [0.4, 0.5) is 35.0 Å². The van der Waals surface area contributed by atoms with Crippen molar-refractivity contribution in [1.29, 1.82) is 0 Å². The minimum atomic E-state index is -5.08. The van der Waals surface area contributed by atoms with E-state index >= 15 is 0 Å². The van der Waals surface area contributed by atoms with Crippen molar-refractivity contribution in [3.05, 3.63) is 78.9 Å². The molecular weight excluding hydrogens is 589 g/mol. The number of anilines is 3. The maximum absolute atomic E-state index is 13.4. The molecule has 242 valence electrons. The SMILES string of the molecule is O=C(CCCCCCN(C(=O)Nc1ccc(-c2ccccc2)cc1)c1ccc(N2CCCCC2)cc1)NO.O=C(O)C(F)(F)F. The molecule has 0 radical (unpaired) electrons. The number of nitrogens with zero attached hydrogens (tertiary/aromatic N) is 2. The maximum Gasteiger partial charge on any atom is 0.490 e. The van der Waals surface area contributed by atoms with E-state index in [4.69, 9.17) is 15.1 Å². The summed E-state index contributed by atoms with van der Waals surface area (Å²) in [7, 11) is 0. The normalized spacial score (nSPS) is 12.8. The van der Waals surface area contributed by atoms with E-state index in [1.54, 1.807) is 10.4 Å². The average molecular weight is 629 g/mol. The number of urea groups is 1. The number of carboxylic acids is 1. The van der Waals surface area contributed by atoms with Crippen LogP contribution in [0.1, 0.15) is 51.4 Å². The molecular formula is C33H39F3N4O5. The Bertz CT molecular complexity index is 1350. The number of nitrogens with one attached hydrogen (secondary N) is 2. The number of halogens is 3. The van der Waals surface area contributed by atoms with Gasteiger partial charge in [-0.3, -0.25) is 14.9 Å². The molecule has 9 nitrogen and oxygen atoms in total. The van der Waals surface area contributed by atoms with E-state index in [1.165, 1.54) is 24.9 Å². The monoisotopic (exact) mass is 628 g/mol. The van der Waals surface area contributed by atoms with Crippen LogP contribution in [0.2, 0.25) is 0 Å². The first-order chi connectivity index (χ1) is 21.6. The second-order valence-corrected chi connectivity index (χ2v) is 10.6. The van der Waals surface area contributed by atoms with Gasteiger partial charge in [0.05, 0.1) is 0 Å². The van der Waals surface area contributed by atoms with Gasteiger partial charge in [-0.1, -0.05) is 55.3 Å². The molecule has 1 saturated heterocycles. The van der Waals surface area contributed by atoms with E-state index in [0.717, 1.165) is 54.9 Å². The molecule has 0 bridgehead atoms. The molecule has 3 aromatic rings. The summed E-state index contributed by atoms with van der Waals surface area (Å²) in [4.78, 5) is 37.7. The largest absolute Gasteiger partial charge is 0.490 e. The molecule has 0 saturated carbocycles. The highest BCUT2D eigenvalue weighted by Gasteiger charge is 2.38.